The van der Waals surface area contributed by atoms with Crippen molar-refractivity contribution in [2.75, 3.05) is 19.6 Å². The van der Waals surface area contributed by atoms with Crippen molar-refractivity contribution >= 4 is 11.8 Å². The van der Waals surface area contributed by atoms with Gasteiger partial charge in [-0.25, -0.2) is 9.97 Å². The van der Waals surface area contributed by atoms with Gasteiger partial charge in [0.25, 0.3) is 5.91 Å². The minimum absolute atomic E-state index is 0.0529. The summed E-state index contributed by atoms with van der Waals surface area (Å²) in [5, 5.41) is 3.03. The van der Waals surface area contributed by atoms with Crippen LogP contribution in [0.15, 0.2) is 6.20 Å². The van der Waals surface area contributed by atoms with E-state index < -0.39 is 0 Å². The maximum Gasteiger partial charge on any atom is 0.257 e. The van der Waals surface area contributed by atoms with Crippen molar-refractivity contribution in [3.8, 4) is 0 Å². The highest BCUT2D eigenvalue weighted by Gasteiger charge is 2.30. The van der Waals surface area contributed by atoms with Crippen LogP contribution in [0.3, 0.4) is 0 Å². The first-order valence-corrected chi connectivity index (χ1v) is 10.1. The van der Waals surface area contributed by atoms with Crippen LogP contribution in [-0.4, -0.2) is 46.3 Å². The van der Waals surface area contributed by atoms with Crippen molar-refractivity contribution in [3.63, 3.8) is 0 Å². The molecule has 1 N–H and O–H groups in total. The molecule has 0 atom stereocenters. The van der Waals surface area contributed by atoms with E-state index in [1.807, 2.05) is 0 Å². The smallest absolute Gasteiger partial charge is 0.257 e. The van der Waals surface area contributed by atoms with Crippen LogP contribution in [0.25, 0.3) is 0 Å². The summed E-state index contributed by atoms with van der Waals surface area (Å²) < 4.78 is 0. The summed E-state index contributed by atoms with van der Waals surface area (Å²) in [5.41, 5.74) is 1.43. The highest BCUT2D eigenvalue weighted by atomic mass is 16.2. The molecule has 6 heteroatoms. The van der Waals surface area contributed by atoms with E-state index in [4.69, 9.17) is 0 Å². The molecule has 2 amide bonds. The lowest BCUT2D eigenvalue weighted by Gasteiger charge is -2.23. The fourth-order valence-corrected chi connectivity index (χ4v) is 4.08. The van der Waals surface area contributed by atoms with Crippen LogP contribution >= 0.6 is 0 Å². The van der Waals surface area contributed by atoms with Gasteiger partial charge in [0.05, 0.1) is 17.8 Å². The molecule has 0 aromatic carbocycles. The molecule has 0 saturated heterocycles. The average Bonchev–Trinajstić information content (AvgIpc) is 3.51. The number of amides is 2. The van der Waals surface area contributed by atoms with Crippen LogP contribution in [0.5, 0.6) is 0 Å². The van der Waals surface area contributed by atoms with E-state index >= 15 is 0 Å². The molecule has 0 unspecified atom stereocenters. The SMILES string of the molecule is O=C(CN1CCCc2nc(C3CC3)ncc2C1=O)NCC1CCCCC1. The molecule has 1 aromatic rings. The normalized spacial score (nSPS) is 21.2. The summed E-state index contributed by atoms with van der Waals surface area (Å²) in [6.45, 7) is 1.48. The van der Waals surface area contributed by atoms with Gasteiger partial charge in [-0.2, -0.15) is 0 Å². The van der Waals surface area contributed by atoms with E-state index in [0.717, 1.165) is 43.7 Å². The third kappa shape index (κ3) is 4.05. The fraction of sp³-hybridized carbons (Fsp3) is 0.700. The van der Waals surface area contributed by atoms with Crippen LogP contribution in [0.2, 0.25) is 0 Å². The Bertz CT molecular complexity index is 680. The first kappa shape index (κ1) is 17.4. The van der Waals surface area contributed by atoms with Gasteiger partial charge in [0.15, 0.2) is 0 Å². The van der Waals surface area contributed by atoms with E-state index in [1.54, 1.807) is 11.1 Å². The highest BCUT2D eigenvalue weighted by molar-refractivity contribution is 5.97. The Kier molecular flexibility index (Phi) is 5.18. The largest absolute Gasteiger partial charge is 0.354 e. The molecule has 2 fully saturated rings. The van der Waals surface area contributed by atoms with E-state index in [0.29, 0.717) is 23.9 Å². The number of carbonyl (C=O) groups is 2. The number of nitrogens with one attached hydrogen (secondary N) is 1. The topological polar surface area (TPSA) is 75.2 Å². The van der Waals surface area contributed by atoms with Gasteiger partial charge in [0.2, 0.25) is 5.91 Å². The minimum Gasteiger partial charge on any atom is -0.354 e. The molecular weight excluding hydrogens is 328 g/mol. The maximum atomic E-state index is 12.8. The van der Waals surface area contributed by atoms with Crippen molar-refractivity contribution in [2.24, 2.45) is 5.92 Å². The molecule has 3 aliphatic rings. The first-order chi connectivity index (χ1) is 12.7. The van der Waals surface area contributed by atoms with E-state index in [-0.39, 0.29) is 18.4 Å². The van der Waals surface area contributed by atoms with Crippen molar-refractivity contribution in [2.45, 2.75) is 63.7 Å². The second-order valence-corrected chi connectivity index (χ2v) is 8.00. The number of hydrogen-bond acceptors (Lipinski definition) is 4. The average molecular weight is 356 g/mol. The summed E-state index contributed by atoms with van der Waals surface area (Å²) in [7, 11) is 0. The number of hydrogen-bond donors (Lipinski definition) is 1. The Labute approximate surface area is 154 Å². The standard InChI is InChI=1S/C20H28N4O2/c25-18(21-11-14-5-2-1-3-6-14)13-24-10-4-7-17-16(20(24)26)12-22-19(23-17)15-8-9-15/h12,14-15H,1-11,13H2,(H,21,25). The zero-order valence-corrected chi connectivity index (χ0v) is 15.4. The van der Waals surface area contributed by atoms with E-state index in [9.17, 15) is 9.59 Å². The third-order valence-corrected chi connectivity index (χ3v) is 5.84. The molecule has 2 heterocycles. The Morgan fingerprint density at radius 2 is 1.96 bits per heavy atom. The molecule has 2 saturated carbocycles. The maximum absolute atomic E-state index is 12.8. The number of fused-ring (bicyclic) bond motifs is 1. The molecule has 0 spiro atoms. The van der Waals surface area contributed by atoms with E-state index in [1.165, 1.54) is 32.1 Å². The summed E-state index contributed by atoms with van der Waals surface area (Å²) in [5.74, 6) is 1.81. The number of rotatable bonds is 5. The second kappa shape index (κ2) is 7.72. The Morgan fingerprint density at radius 1 is 1.15 bits per heavy atom. The van der Waals surface area contributed by atoms with Gasteiger partial charge < -0.3 is 10.2 Å². The molecule has 140 valence electrons. The number of carbonyl (C=O) groups excluding carboxylic acids is 2. The molecule has 2 aliphatic carbocycles. The van der Waals surface area contributed by atoms with Gasteiger partial charge in [-0.15, -0.1) is 0 Å². The lowest BCUT2D eigenvalue weighted by molar-refractivity contribution is -0.122. The third-order valence-electron chi connectivity index (χ3n) is 5.84. The predicted molar refractivity (Wildman–Crippen MR) is 97.8 cm³/mol. The van der Waals surface area contributed by atoms with Gasteiger partial charge in [-0.1, -0.05) is 19.3 Å². The molecule has 1 aromatic heterocycles. The van der Waals surface area contributed by atoms with Crippen molar-refractivity contribution < 1.29 is 9.59 Å². The van der Waals surface area contributed by atoms with Crippen LogP contribution in [0.1, 0.15) is 79.2 Å². The molecule has 6 nitrogen and oxygen atoms in total. The number of nitrogens with zero attached hydrogens (tertiary/aromatic N) is 3. The monoisotopic (exact) mass is 356 g/mol. The molecule has 0 radical (unpaired) electrons. The second-order valence-electron chi connectivity index (χ2n) is 8.00. The van der Waals surface area contributed by atoms with Gasteiger partial charge >= 0.3 is 0 Å². The Balaban J connectivity index is 1.36. The molecular formula is C20H28N4O2. The number of aryl methyl sites for hydroxylation is 1. The Hall–Kier alpha value is -1.98. The molecule has 4 rings (SSSR count). The lowest BCUT2D eigenvalue weighted by atomic mass is 9.89. The summed E-state index contributed by atoms with van der Waals surface area (Å²) in [6.07, 6.45) is 11.9. The van der Waals surface area contributed by atoms with Gasteiger partial charge in [-0.3, -0.25) is 9.59 Å². The van der Waals surface area contributed by atoms with Gasteiger partial charge in [0, 0.05) is 25.2 Å². The first-order valence-electron chi connectivity index (χ1n) is 10.1. The highest BCUT2D eigenvalue weighted by Crippen LogP contribution is 2.38. The Morgan fingerprint density at radius 3 is 2.73 bits per heavy atom. The lowest BCUT2D eigenvalue weighted by Crippen LogP contribution is -2.42. The molecule has 26 heavy (non-hydrogen) atoms. The molecule has 0 bridgehead atoms. The van der Waals surface area contributed by atoms with E-state index in [2.05, 4.69) is 15.3 Å². The van der Waals surface area contributed by atoms with Crippen molar-refractivity contribution in [1.82, 2.24) is 20.2 Å². The number of aromatic nitrogens is 2. The predicted octanol–water partition coefficient (Wildman–Crippen LogP) is 2.44. The summed E-state index contributed by atoms with van der Waals surface area (Å²) >= 11 is 0. The van der Waals surface area contributed by atoms with Crippen LogP contribution in [0, 0.1) is 5.92 Å². The van der Waals surface area contributed by atoms with Crippen LogP contribution in [0.4, 0.5) is 0 Å². The summed E-state index contributed by atoms with van der Waals surface area (Å²) in [6, 6.07) is 0. The van der Waals surface area contributed by atoms with Crippen molar-refractivity contribution in [1.29, 1.82) is 0 Å². The zero-order valence-electron chi connectivity index (χ0n) is 15.4. The fourth-order valence-electron chi connectivity index (χ4n) is 4.08. The van der Waals surface area contributed by atoms with Crippen LogP contribution in [-0.2, 0) is 11.2 Å². The van der Waals surface area contributed by atoms with Crippen LogP contribution < -0.4 is 5.32 Å². The minimum atomic E-state index is -0.104. The van der Waals surface area contributed by atoms with Crippen molar-refractivity contribution in [3.05, 3.63) is 23.3 Å². The molecule has 1 aliphatic heterocycles. The zero-order chi connectivity index (χ0) is 17.9. The quantitative estimate of drug-likeness (QED) is 0.879. The van der Waals surface area contributed by atoms with Gasteiger partial charge in [-0.05, 0) is 44.4 Å². The van der Waals surface area contributed by atoms with Gasteiger partial charge in [0.1, 0.15) is 5.82 Å². The summed E-state index contributed by atoms with van der Waals surface area (Å²) in [4.78, 5) is 35.9.